The van der Waals surface area contributed by atoms with Crippen LogP contribution in [0.1, 0.15) is 86.5 Å². The molecule has 0 bridgehead atoms. The molecular formula is C30H39N3O. The summed E-state index contributed by atoms with van der Waals surface area (Å²) in [6, 6.07) is 18.8. The molecule has 0 saturated heterocycles. The van der Waals surface area contributed by atoms with Crippen LogP contribution in [0.4, 0.5) is 0 Å². The molecule has 4 aliphatic rings. The number of rotatable bonds is 5. The van der Waals surface area contributed by atoms with Crippen LogP contribution in [0, 0.1) is 0 Å². The zero-order chi connectivity index (χ0) is 23.0. The van der Waals surface area contributed by atoms with Crippen molar-refractivity contribution in [3.63, 3.8) is 0 Å². The summed E-state index contributed by atoms with van der Waals surface area (Å²) >= 11 is 0. The summed E-state index contributed by atoms with van der Waals surface area (Å²) in [5.41, 5.74) is 3.72. The fraction of sp³-hybridized carbons (Fsp3) is 0.567. The summed E-state index contributed by atoms with van der Waals surface area (Å²) in [6.45, 7) is 2.58. The number of benzene rings is 2. The van der Waals surface area contributed by atoms with E-state index in [0.717, 1.165) is 43.1 Å². The Hall–Kier alpha value is -2.17. The number of aliphatic imine (C=N–C) groups is 1. The van der Waals surface area contributed by atoms with Crippen molar-refractivity contribution in [2.75, 3.05) is 13.1 Å². The first kappa shape index (κ1) is 22.3. The van der Waals surface area contributed by atoms with Gasteiger partial charge in [-0.3, -0.25) is 9.89 Å². The van der Waals surface area contributed by atoms with E-state index in [4.69, 9.17) is 4.99 Å². The second-order valence-electron chi connectivity index (χ2n) is 11.0. The van der Waals surface area contributed by atoms with Crippen LogP contribution in [0.25, 0.3) is 0 Å². The molecule has 2 aliphatic heterocycles. The predicted molar refractivity (Wildman–Crippen MR) is 138 cm³/mol. The zero-order valence-corrected chi connectivity index (χ0v) is 20.5. The molecule has 0 amide bonds. The largest absolute Gasteiger partial charge is 0.366 e. The Balaban J connectivity index is 1.25. The average Bonchev–Trinajstić information content (AvgIpc) is 3.40. The van der Waals surface area contributed by atoms with Crippen LogP contribution in [0.3, 0.4) is 0 Å². The normalized spacial score (nSPS) is 25.8. The molecule has 2 saturated carbocycles. The second-order valence-corrected chi connectivity index (χ2v) is 11.0. The van der Waals surface area contributed by atoms with Crippen LogP contribution in [-0.4, -0.2) is 45.9 Å². The van der Waals surface area contributed by atoms with Crippen molar-refractivity contribution < 1.29 is 5.11 Å². The van der Waals surface area contributed by atoms with E-state index in [-0.39, 0.29) is 0 Å². The van der Waals surface area contributed by atoms with Gasteiger partial charge in [0.25, 0.3) is 0 Å². The molecule has 0 spiro atoms. The van der Waals surface area contributed by atoms with Crippen LogP contribution in [0.15, 0.2) is 53.5 Å². The second kappa shape index (κ2) is 9.47. The highest BCUT2D eigenvalue weighted by Gasteiger charge is 2.45. The molecule has 6 rings (SSSR count). The standard InChI is InChI=1S/C30H39N3O/c34-30(21-24-9-7-8-14-28(24)29-31-19-20-33(29)30)25-17-15-23(16-18-25)22-32(26-10-3-1-4-11-26)27-12-5-2-6-13-27/h7-9,14-18,26-27,34H,1-6,10-13,19-22H2. The Kier molecular flexibility index (Phi) is 6.21. The monoisotopic (exact) mass is 457 g/mol. The maximum absolute atomic E-state index is 12.0. The van der Waals surface area contributed by atoms with Gasteiger partial charge in [-0.25, -0.2) is 0 Å². The maximum Gasteiger partial charge on any atom is 0.169 e. The van der Waals surface area contributed by atoms with Crippen molar-refractivity contribution in [2.45, 2.75) is 95.0 Å². The van der Waals surface area contributed by atoms with Crippen LogP contribution in [0.2, 0.25) is 0 Å². The van der Waals surface area contributed by atoms with E-state index < -0.39 is 5.72 Å². The van der Waals surface area contributed by atoms with Gasteiger partial charge in [-0.05, 0) is 36.8 Å². The predicted octanol–water partition coefficient (Wildman–Crippen LogP) is 5.62. The summed E-state index contributed by atoms with van der Waals surface area (Å²) in [4.78, 5) is 9.75. The topological polar surface area (TPSA) is 39.1 Å². The van der Waals surface area contributed by atoms with Crippen LogP contribution >= 0.6 is 0 Å². The molecule has 2 heterocycles. The maximum atomic E-state index is 12.0. The number of hydrogen-bond acceptors (Lipinski definition) is 4. The Morgan fingerprint density at radius 3 is 2.18 bits per heavy atom. The van der Waals surface area contributed by atoms with Crippen LogP contribution in [-0.2, 0) is 18.7 Å². The minimum atomic E-state index is -1.02. The average molecular weight is 458 g/mol. The van der Waals surface area contributed by atoms with Gasteiger partial charge in [0.1, 0.15) is 5.84 Å². The van der Waals surface area contributed by atoms with Gasteiger partial charge in [0.2, 0.25) is 0 Å². The minimum Gasteiger partial charge on any atom is -0.366 e. The fourth-order valence-corrected chi connectivity index (χ4v) is 7.02. The van der Waals surface area contributed by atoms with Crippen LogP contribution in [0.5, 0.6) is 0 Å². The summed E-state index contributed by atoms with van der Waals surface area (Å²) in [6.07, 6.45) is 14.5. The van der Waals surface area contributed by atoms with Crippen molar-refractivity contribution >= 4 is 5.84 Å². The first-order valence-electron chi connectivity index (χ1n) is 13.7. The van der Waals surface area contributed by atoms with Crippen LogP contribution < -0.4 is 0 Å². The number of hydrogen-bond donors (Lipinski definition) is 1. The third-order valence-electron chi connectivity index (χ3n) is 8.85. The summed E-state index contributed by atoms with van der Waals surface area (Å²) in [5.74, 6) is 0.953. The molecule has 0 aromatic heterocycles. The van der Waals surface area contributed by atoms with E-state index in [1.165, 1.54) is 80.9 Å². The highest BCUT2D eigenvalue weighted by atomic mass is 16.3. The van der Waals surface area contributed by atoms with Crippen molar-refractivity contribution in [1.82, 2.24) is 9.80 Å². The lowest BCUT2D eigenvalue weighted by atomic mass is 9.85. The number of nitrogens with zero attached hydrogens (tertiary/aromatic N) is 3. The summed E-state index contributed by atoms with van der Waals surface area (Å²) in [5, 5.41) is 12.0. The van der Waals surface area contributed by atoms with Crippen molar-refractivity contribution in [1.29, 1.82) is 0 Å². The number of aliphatic hydroxyl groups is 1. The molecule has 2 aromatic rings. The van der Waals surface area contributed by atoms with E-state index in [0.29, 0.717) is 6.42 Å². The quantitative estimate of drug-likeness (QED) is 0.634. The van der Waals surface area contributed by atoms with Gasteiger partial charge in [0.15, 0.2) is 5.72 Å². The van der Waals surface area contributed by atoms with Gasteiger partial charge in [0, 0.05) is 42.7 Å². The number of fused-ring (bicyclic) bond motifs is 3. The Bertz CT molecular complexity index is 1000. The molecular weight excluding hydrogens is 418 g/mol. The van der Waals surface area contributed by atoms with E-state index in [1.807, 2.05) is 0 Å². The molecule has 0 radical (unpaired) electrons. The molecule has 2 aromatic carbocycles. The van der Waals surface area contributed by atoms with E-state index in [9.17, 15) is 5.11 Å². The Labute approximate surface area is 204 Å². The molecule has 34 heavy (non-hydrogen) atoms. The van der Waals surface area contributed by atoms with E-state index >= 15 is 0 Å². The third kappa shape index (κ3) is 4.09. The van der Waals surface area contributed by atoms with Gasteiger partial charge in [-0.2, -0.15) is 0 Å². The number of amidine groups is 1. The highest BCUT2D eigenvalue weighted by Crippen LogP contribution is 2.39. The molecule has 2 fully saturated rings. The van der Waals surface area contributed by atoms with E-state index in [2.05, 4.69) is 58.3 Å². The SMILES string of the molecule is OC1(c2ccc(CN(C3CCCCC3)C3CCCCC3)cc2)Cc2ccccc2C2=NCCN21. The third-order valence-corrected chi connectivity index (χ3v) is 8.85. The fourth-order valence-electron chi connectivity index (χ4n) is 7.02. The summed E-state index contributed by atoms with van der Waals surface area (Å²) in [7, 11) is 0. The molecule has 1 N–H and O–H groups in total. The van der Waals surface area contributed by atoms with Crippen molar-refractivity contribution in [2.24, 2.45) is 4.99 Å². The lowest BCUT2D eigenvalue weighted by Gasteiger charge is -2.44. The summed E-state index contributed by atoms with van der Waals surface area (Å²) < 4.78 is 0. The first-order chi connectivity index (χ1) is 16.7. The van der Waals surface area contributed by atoms with Gasteiger partial charge in [0.05, 0.1) is 6.54 Å². The Morgan fingerprint density at radius 1 is 0.853 bits per heavy atom. The van der Waals surface area contributed by atoms with Crippen molar-refractivity contribution in [3.05, 3.63) is 70.8 Å². The molecule has 1 unspecified atom stereocenters. The van der Waals surface area contributed by atoms with Gasteiger partial charge < -0.3 is 10.0 Å². The molecule has 1 atom stereocenters. The Morgan fingerprint density at radius 2 is 1.50 bits per heavy atom. The molecule has 2 aliphatic carbocycles. The highest BCUT2D eigenvalue weighted by molar-refractivity contribution is 6.02. The van der Waals surface area contributed by atoms with Crippen molar-refractivity contribution in [3.8, 4) is 0 Å². The molecule has 180 valence electrons. The van der Waals surface area contributed by atoms with Gasteiger partial charge >= 0.3 is 0 Å². The lowest BCUT2D eigenvalue weighted by Crippen LogP contribution is -2.53. The molecule has 4 heteroatoms. The lowest BCUT2D eigenvalue weighted by molar-refractivity contribution is -0.0745. The zero-order valence-electron chi connectivity index (χ0n) is 20.5. The van der Waals surface area contributed by atoms with Gasteiger partial charge in [-0.15, -0.1) is 0 Å². The minimum absolute atomic E-state index is 0.609. The molecule has 4 nitrogen and oxygen atoms in total. The van der Waals surface area contributed by atoms with Gasteiger partial charge in [-0.1, -0.05) is 87.1 Å². The smallest absolute Gasteiger partial charge is 0.169 e. The first-order valence-corrected chi connectivity index (χ1v) is 13.7. The van der Waals surface area contributed by atoms with E-state index in [1.54, 1.807) is 0 Å².